The topological polar surface area (TPSA) is 15.8 Å². The van der Waals surface area contributed by atoms with Crippen LogP contribution in [0.2, 0.25) is 0 Å². The van der Waals surface area contributed by atoms with Gasteiger partial charge in [0.25, 0.3) is 0 Å². The van der Waals surface area contributed by atoms with Crippen LogP contribution in [0.15, 0.2) is 36.5 Å². The third-order valence-electron chi connectivity index (χ3n) is 1.46. The number of benzene rings is 1. The quantitative estimate of drug-likeness (QED) is 0.695. The van der Waals surface area contributed by atoms with Crippen molar-refractivity contribution < 1.29 is 0 Å². The molecular formula is C8H12ClNSn. The van der Waals surface area contributed by atoms with E-state index in [-0.39, 0.29) is 36.3 Å². The summed E-state index contributed by atoms with van der Waals surface area (Å²) in [6.07, 6.45) is 1.95. The number of para-hydroxylation sites is 1. The second kappa shape index (κ2) is 4.67. The molecule has 0 aliphatic carbocycles. The van der Waals surface area contributed by atoms with Crippen LogP contribution in [-0.4, -0.2) is 28.9 Å². The van der Waals surface area contributed by atoms with Gasteiger partial charge in [0, 0.05) is 11.7 Å². The number of halogens is 1. The molecular weight excluding hydrogens is 264 g/mol. The number of aromatic nitrogens is 1. The van der Waals surface area contributed by atoms with Gasteiger partial charge in [-0.1, -0.05) is 18.2 Å². The van der Waals surface area contributed by atoms with Gasteiger partial charge in [-0.15, -0.1) is 12.4 Å². The number of hydrogen-bond donors (Lipinski definition) is 1. The molecule has 0 saturated carbocycles. The van der Waals surface area contributed by atoms with E-state index in [1.807, 2.05) is 18.3 Å². The van der Waals surface area contributed by atoms with Crippen LogP contribution in [-0.2, 0) is 0 Å². The molecule has 1 nitrogen and oxygen atoms in total. The minimum absolute atomic E-state index is 0. The number of nitrogens with one attached hydrogen (secondary N) is 1. The van der Waals surface area contributed by atoms with Crippen LogP contribution in [0.25, 0.3) is 10.9 Å². The smallest absolute Gasteiger partial charge is 0.0453 e. The van der Waals surface area contributed by atoms with Crippen molar-refractivity contribution >= 4 is 47.2 Å². The van der Waals surface area contributed by atoms with E-state index >= 15 is 0 Å². The molecule has 0 spiro atoms. The Morgan fingerprint density at radius 1 is 1.00 bits per heavy atom. The van der Waals surface area contributed by atoms with Crippen LogP contribution in [0.1, 0.15) is 0 Å². The summed E-state index contributed by atoms with van der Waals surface area (Å²) in [6, 6.07) is 10.3. The van der Waals surface area contributed by atoms with Gasteiger partial charge in [0.15, 0.2) is 0 Å². The fraction of sp³-hybridized carbons (Fsp3) is 0. The van der Waals surface area contributed by atoms with Gasteiger partial charge in [0.1, 0.15) is 0 Å². The number of rotatable bonds is 0. The van der Waals surface area contributed by atoms with E-state index < -0.39 is 0 Å². The summed E-state index contributed by atoms with van der Waals surface area (Å²) < 4.78 is 0. The van der Waals surface area contributed by atoms with Gasteiger partial charge in [-0.3, -0.25) is 0 Å². The molecule has 0 bridgehead atoms. The number of aromatic amines is 1. The van der Waals surface area contributed by atoms with E-state index in [4.69, 9.17) is 0 Å². The second-order valence-corrected chi connectivity index (χ2v) is 2.06. The van der Waals surface area contributed by atoms with Gasteiger partial charge in [0.05, 0.1) is 0 Å². The SMILES string of the molecule is Cl.[SnH4].c1ccc2[nH]ccc2c1. The molecule has 1 aromatic carbocycles. The Morgan fingerprint density at radius 3 is 2.45 bits per heavy atom. The maximum Gasteiger partial charge on any atom is 0.0453 e. The standard InChI is InChI=1S/C8H7N.ClH.Sn.4H/c1-2-4-8-7(3-1)5-6-9-8;;;;;;/h1-6,9H;1H;;;;;. The van der Waals surface area contributed by atoms with Crippen molar-refractivity contribution in [1.29, 1.82) is 0 Å². The predicted octanol–water partition coefficient (Wildman–Crippen LogP) is 1.14. The zero-order valence-electron chi connectivity index (χ0n) is 5.37. The van der Waals surface area contributed by atoms with E-state index in [1.54, 1.807) is 0 Å². The molecule has 0 aliphatic rings. The first-order valence-electron chi connectivity index (χ1n) is 2.99. The molecule has 0 fully saturated rings. The average Bonchev–Trinajstić information content (AvgIpc) is 2.33. The number of H-pyrrole nitrogens is 1. The molecule has 11 heavy (non-hydrogen) atoms. The van der Waals surface area contributed by atoms with Gasteiger partial charge < -0.3 is 4.98 Å². The van der Waals surface area contributed by atoms with Crippen molar-refractivity contribution in [3.05, 3.63) is 36.5 Å². The first kappa shape index (κ1) is 10.8. The molecule has 60 valence electrons. The van der Waals surface area contributed by atoms with E-state index in [0.29, 0.717) is 0 Å². The van der Waals surface area contributed by atoms with Crippen molar-refractivity contribution in [2.24, 2.45) is 0 Å². The summed E-state index contributed by atoms with van der Waals surface area (Å²) in [6.45, 7) is 0. The fourth-order valence-corrected chi connectivity index (χ4v) is 0.995. The average molecular weight is 276 g/mol. The molecule has 1 aromatic heterocycles. The largest absolute Gasteiger partial charge is 0.361 e. The Hall–Kier alpha value is -0.151. The Kier molecular flexibility index (Phi) is 4.61. The molecule has 0 saturated heterocycles. The first-order valence-corrected chi connectivity index (χ1v) is 2.99. The van der Waals surface area contributed by atoms with Gasteiger partial charge in [-0.05, 0) is 17.5 Å². The zero-order chi connectivity index (χ0) is 6.10. The molecule has 2 aromatic rings. The molecule has 0 amide bonds. The summed E-state index contributed by atoms with van der Waals surface area (Å²) in [5.41, 5.74) is 1.21. The molecule has 0 unspecified atom stereocenters. The van der Waals surface area contributed by atoms with Crippen molar-refractivity contribution in [3.8, 4) is 0 Å². The normalized spacial score (nSPS) is 8.36. The summed E-state index contributed by atoms with van der Waals surface area (Å²) in [4.78, 5) is 3.12. The van der Waals surface area contributed by atoms with Gasteiger partial charge in [-0.25, -0.2) is 0 Å². The Morgan fingerprint density at radius 2 is 1.73 bits per heavy atom. The predicted molar refractivity (Wildman–Crippen MR) is 56.9 cm³/mol. The van der Waals surface area contributed by atoms with Gasteiger partial charge in [0.2, 0.25) is 0 Å². The fourth-order valence-electron chi connectivity index (χ4n) is 0.995. The Labute approximate surface area is 88.6 Å². The van der Waals surface area contributed by atoms with Crippen molar-refractivity contribution in [1.82, 2.24) is 4.98 Å². The second-order valence-electron chi connectivity index (χ2n) is 2.06. The zero-order valence-corrected chi connectivity index (χ0v) is 6.19. The van der Waals surface area contributed by atoms with Crippen molar-refractivity contribution in [2.45, 2.75) is 0 Å². The van der Waals surface area contributed by atoms with Crippen LogP contribution in [0.3, 0.4) is 0 Å². The monoisotopic (exact) mass is 277 g/mol. The van der Waals surface area contributed by atoms with Crippen molar-refractivity contribution in [3.63, 3.8) is 0 Å². The minimum Gasteiger partial charge on any atom is -0.361 e. The maximum absolute atomic E-state index is 3.12. The van der Waals surface area contributed by atoms with Crippen LogP contribution in [0, 0.1) is 0 Å². The van der Waals surface area contributed by atoms with E-state index in [1.165, 1.54) is 10.9 Å². The van der Waals surface area contributed by atoms with Crippen LogP contribution in [0.4, 0.5) is 0 Å². The third kappa shape index (κ3) is 2.14. The minimum atomic E-state index is 0. The van der Waals surface area contributed by atoms with E-state index in [0.717, 1.165) is 0 Å². The Bertz CT molecular complexity index is 288. The van der Waals surface area contributed by atoms with Crippen LogP contribution >= 0.6 is 12.4 Å². The molecule has 0 aliphatic heterocycles. The summed E-state index contributed by atoms with van der Waals surface area (Å²) in [5, 5.41) is 1.28. The van der Waals surface area contributed by atoms with E-state index in [2.05, 4.69) is 23.2 Å². The molecule has 0 atom stereocenters. The van der Waals surface area contributed by atoms with E-state index in [9.17, 15) is 0 Å². The molecule has 1 heterocycles. The van der Waals surface area contributed by atoms with Gasteiger partial charge in [-0.2, -0.15) is 0 Å². The third-order valence-corrected chi connectivity index (χ3v) is 1.46. The number of hydrogen-bond acceptors (Lipinski definition) is 0. The van der Waals surface area contributed by atoms with Gasteiger partial charge >= 0.3 is 23.9 Å². The van der Waals surface area contributed by atoms with Crippen molar-refractivity contribution in [2.75, 3.05) is 0 Å². The summed E-state index contributed by atoms with van der Waals surface area (Å²) in [5.74, 6) is 0. The first-order chi connectivity index (χ1) is 4.47. The maximum atomic E-state index is 3.12. The van der Waals surface area contributed by atoms with Crippen LogP contribution < -0.4 is 0 Å². The molecule has 3 heteroatoms. The summed E-state index contributed by atoms with van der Waals surface area (Å²) >= 11 is 0. The molecule has 0 radical (unpaired) electrons. The summed E-state index contributed by atoms with van der Waals surface area (Å²) in [7, 11) is 0. The molecule has 1 N–H and O–H groups in total. The Balaban J connectivity index is 0.000000500. The van der Waals surface area contributed by atoms with Crippen LogP contribution in [0.5, 0.6) is 0 Å². The number of fused-ring (bicyclic) bond motifs is 1. The molecule has 2 rings (SSSR count).